The van der Waals surface area contributed by atoms with Crippen molar-refractivity contribution in [2.24, 2.45) is 0 Å². The number of likely N-dealkylation sites (N-methyl/N-ethyl adjacent to an activating group) is 1. The molecule has 1 amide bonds. The molecule has 2 unspecified atom stereocenters. The quantitative estimate of drug-likeness (QED) is 0.721. The van der Waals surface area contributed by atoms with Crippen molar-refractivity contribution in [3.63, 3.8) is 0 Å². The van der Waals surface area contributed by atoms with Crippen molar-refractivity contribution in [3.8, 4) is 0 Å². The molecule has 2 aliphatic heterocycles. The lowest BCUT2D eigenvalue weighted by molar-refractivity contribution is -0.129. The highest BCUT2D eigenvalue weighted by Crippen LogP contribution is 2.35. The third kappa shape index (κ3) is 3.10. The summed E-state index contributed by atoms with van der Waals surface area (Å²) >= 11 is 11.6. The number of hydrogen-bond donors (Lipinski definition) is 0. The minimum Gasteiger partial charge on any atom is -0.347 e. The highest BCUT2D eigenvalue weighted by atomic mass is 35.5. The molecule has 0 aliphatic carbocycles. The number of nitrogens with zero attached hydrogens (tertiary/aromatic N) is 3. The minimum absolute atomic E-state index is 0.00950. The summed E-state index contributed by atoms with van der Waals surface area (Å²) in [5, 5.41) is 1.02. The second-order valence-electron chi connectivity index (χ2n) is 6.26. The van der Waals surface area contributed by atoms with Crippen LogP contribution in [0.25, 0.3) is 0 Å². The Hall–Kier alpha value is -1.38. The van der Waals surface area contributed by atoms with Crippen LogP contribution in [-0.2, 0) is 14.6 Å². The van der Waals surface area contributed by atoms with Crippen LogP contribution in [0.4, 0.5) is 5.69 Å². The van der Waals surface area contributed by atoms with E-state index < -0.39 is 9.84 Å². The zero-order valence-electron chi connectivity index (χ0n) is 13.3. The van der Waals surface area contributed by atoms with Gasteiger partial charge in [0.1, 0.15) is 0 Å². The van der Waals surface area contributed by atoms with E-state index in [9.17, 15) is 13.2 Å². The number of amides is 1. The van der Waals surface area contributed by atoms with Crippen LogP contribution in [0.2, 0.25) is 5.02 Å². The first-order valence-electron chi connectivity index (χ1n) is 7.45. The molecular weight excluding hydrogens is 370 g/mol. The highest BCUT2D eigenvalue weighted by Gasteiger charge is 2.52. The summed E-state index contributed by atoms with van der Waals surface area (Å²) in [5.74, 6) is -0.0830. The Bertz CT molecular complexity index is 797. The van der Waals surface area contributed by atoms with Crippen molar-refractivity contribution in [1.82, 2.24) is 9.80 Å². The maximum absolute atomic E-state index is 12.1. The van der Waals surface area contributed by atoms with E-state index in [0.717, 1.165) is 5.69 Å². The standard InChI is InChI=1S/C15H18ClN3O3S2/c1-17(2)14(20)7-18-12-8-24(21,22)9-13(12)19(15(18)23)11-5-3-4-10(16)6-11/h3-6,12-13H,7-9H2,1-2H3. The second kappa shape index (κ2) is 6.16. The maximum atomic E-state index is 12.1. The fourth-order valence-electron chi connectivity index (χ4n) is 3.18. The topological polar surface area (TPSA) is 60.9 Å². The largest absolute Gasteiger partial charge is 0.347 e. The van der Waals surface area contributed by atoms with Crippen molar-refractivity contribution in [2.75, 3.05) is 37.0 Å². The van der Waals surface area contributed by atoms with Gasteiger partial charge in [-0.3, -0.25) is 4.79 Å². The Morgan fingerprint density at radius 2 is 2.00 bits per heavy atom. The van der Waals surface area contributed by atoms with E-state index in [1.807, 2.05) is 11.0 Å². The molecule has 2 fully saturated rings. The maximum Gasteiger partial charge on any atom is 0.241 e. The summed E-state index contributed by atoms with van der Waals surface area (Å²) in [4.78, 5) is 17.2. The van der Waals surface area contributed by atoms with Gasteiger partial charge in [-0.05, 0) is 30.4 Å². The average Bonchev–Trinajstić information content (AvgIpc) is 2.90. The first kappa shape index (κ1) is 17.4. The van der Waals surface area contributed by atoms with Gasteiger partial charge in [0.2, 0.25) is 5.91 Å². The number of benzene rings is 1. The molecule has 2 atom stereocenters. The summed E-state index contributed by atoms with van der Waals surface area (Å²) in [6, 6.07) is 6.54. The van der Waals surface area contributed by atoms with Crippen molar-refractivity contribution in [1.29, 1.82) is 0 Å². The molecular formula is C15H18ClN3O3S2. The van der Waals surface area contributed by atoms with Crippen LogP contribution in [-0.4, -0.2) is 73.5 Å². The molecule has 2 aliphatic rings. The number of anilines is 1. The third-order valence-corrected chi connectivity index (χ3v) is 6.73. The van der Waals surface area contributed by atoms with Gasteiger partial charge < -0.3 is 14.7 Å². The molecule has 0 bridgehead atoms. The van der Waals surface area contributed by atoms with Crippen molar-refractivity contribution in [3.05, 3.63) is 29.3 Å². The Labute approximate surface area is 151 Å². The van der Waals surface area contributed by atoms with Gasteiger partial charge in [0, 0.05) is 24.8 Å². The molecule has 0 spiro atoms. The number of hydrogen-bond acceptors (Lipinski definition) is 4. The van der Waals surface area contributed by atoms with Gasteiger partial charge in [-0.2, -0.15) is 0 Å². The van der Waals surface area contributed by atoms with E-state index in [1.54, 1.807) is 37.2 Å². The molecule has 130 valence electrons. The van der Waals surface area contributed by atoms with E-state index >= 15 is 0 Å². The number of carbonyl (C=O) groups excluding carboxylic acids is 1. The Balaban J connectivity index is 1.98. The summed E-state index contributed by atoms with van der Waals surface area (Å²) in [6.45, 7) is 0.0690. The molecule has 1 aromatic rings. The predicted molar refractivity (Wildman–Crippen MR) is 98.2 cm³/mol. The van der Waals surface area contributed by atoms with Gasteiger partial charge in [-0.15, -0.1) is 0 Å². The van der Waals surface area contributed by atoms with Gasteiger partial charge in [0.05, 0.1) is 30.1 Å². The lowest BCUT2D eigenvalue weighted by Gasteiger charge is -2.26. The molecule has 2 saturated heterocycles. The molecule has 9 heteroatoms. The van der Waals surface area contributed by atoms with E-state index in [-0.39, 0.29) is 36.0 Å². The molecule has 0 radical (unpaired) electrons. The van der Waals surface area contributed by atoms with E-state index in [2.05, 4.69) is 0 Å². The van der Waals surface area contributed by atoms with E-state index in [1.165, 1.54) is 4.90 Å². The van der Waals surface area contributed by atoms with E-state index in [4.69, 9.17) is 23.8 Å². The predicted octanol–water partition coefficient (Wildman–Crippen LogP) is 1.00. The fraction of sp³-hybridized carbons (Fsp3) is 0.467. The zero-order chi connectivity index (χ0) is 17.6. The first-order valence-corrected chi connectivity index (χ1v) is 10.1. The van der Waals surface area contributed by atoms with Crippen LogP contribution < -0.4 is 4.90 Å². The van der Waals surface area contributed by atoms with Crippen LogP contribution in [0.1, 0.15) is 0 Å². The highest BCUT2D eigenvalue weighted by molar-refractivity contribution is 7.91. The monoisotopic (exact) mass is 387 g/mol. The summed E-state index contributed by atoms with van der Waals surface area (Å²) in [7, 11) is 0.162. The molecule has 24 heavy (non-hydrogen) atoms. The summed E-state index contributed by atoms with van der Waals surface area (Å²) in [6.07, 6.45) is 0. The Morgan fingerprint density at radius 3 is 2.62 bits per heavy atom. The molecule has 6 nitrogen and oxygen atoms in total. The van der Waals surface area contributed by atoms with Gasteiger partial charge in [-0.1, -0.05) is 17.7 Å². The first-order chi connectivity index (χ1) is 11.2. The van der Waals surface area contributed by atoms with E-state index in [0.29, 0.717) is 10.1 Å². The number of carbonyl (C=O) groups is 1. The summed E-state index contributed by atoms with van der Waals surface area (Å²) < 4.78 is 24.3. The minimum atomic E-state index is -3.17. The zero-order valence-corrected chi connectivity index (χ0v) is 15.7. The van der Waals surface area contributed by atoms with Crippen LogP contribution in [0.5, 0.6) is 0 Å². The van der Waals surface area contributed by atoms with Crippen LogP contribution >= 0.6 is 23.8 Å². The van der Waals surface area contributed by atoms with Crippen LogP contribution in [0.15, 0.2) is 24.3 Å². The number of sulfone groups is 1. The normalized spacial score (nSPS) is 25.0. The van der Waals surface area contributed by atoms with Crippen LogP contribution in [0, 0.1) is 0 Å². The Kier molecular flexibility index (Phi) is 4.48. The second-order valence-corrected chi connectivity index (χ2v) is 9.22. The summed E-state index contributed by atoms with van der Waals surface area (Å²) in [5.41, 5.74) is 0.749. The lowest BCUT2D eigenvalue weighted by Crippen LogP contribution is -2.43. The van der Waals surface area contributed by atoms with Gasteiger partial charge in [-0.25, -0.2) is 8.42 Å². The third-order valence-electron chi connectivity index (χ3n) is 4.37. The number of halogens is 1. The fourth-order valence-corrected chi connectivity index (χ4v) is 5.75. The number of fused-ring (bicyclic) bond motifs is 1. The smallest absolute Gasteiger partial charge is 0.241 e. The molecule has 1 aromatic carbocycles. The van der Waals surface area contributed by atoms with Gasteiger partial charge in [0.15, 0.2) is 14.9 Å². The Morgan fingerprint density at radius 1 is 1.33 bits per heavy atom. The van der Waals surface area contributed by atoms with Crippen molar-refractivity contribution in [2.45, 2.75) is 12.1 Å². The molecule has 0 saturated carbocycles. The van der Waals surface area contributed by atoms with Gasteiger partial charge >= 0.3 is 0 Å². The average molecular weight is 388 g/mol. The number of thiocarbonyl (C=S) groups is 1. The number of rotatable bonds is 3. The lowest BCUT2D eigenvalue weighted by atomic mass is 10.1. The molecule has 0 aromatic heterocycles. The van der Waals surface area contributed by atoms with Crippen molar-refractivity contribution < 1.29 is 13.2 Å². The van der Waals surface area contributed by atoms with Gasteiger partial charge in [0.25, 0.3) is 0 Å². The molecule has 3 rings (SSSR count). The van der Waals surface area contributed by atoms with Crippen molar-refractivity contribution >= 4 is 50.4 Å². The SMILES string of the molecule is CN(C)C(=O)CN1C(=S)N(c2cccc(Cl)c2)C2CS(=O)(=O)CC21. The molecule has 0 N–H and O–H groups in total. The molecule has 2 heterocycles. The van der Waals surface area contributed by atoms with Crippen LogP contribution in [0.3, 0.4) is 0 Å².